The Morgan fingerprint density at radius 2 is 1.50 bits per heavy atom. The molecule has 208 valence electrons. The van der Waals surface area contributed by atoms with Crippen LogP contribution in [0.2, 0.25) is 0 Å². The summed E-state index contributed by atoms with van der Waals surface area (Å²) < 4.78 is 29.6. The average Bonchev–Trinajstić information content (AvgIpc) is 3.59. The molecule has 0 amide bonds. The zero-order chi connectivity index (χ0) is 28.1. The van der Waals surface area contributed by atoms with E-state index in [2.05, 4.69) is 10.3 Å². The molecule has 0 spiro atoms. The summed E-state index contributed by atoms with van der Waals surface area (Å²) >= 11 is 0. The number of esters is 1. The minimum absolute atomic E-state index is 0.0451. The zero-order valence-electron chi connectivity index (χ0n) is 23.1. The maximum absolute atomic E-state index is 12.7. The predicted molar refractivity (Wildman–Crippen MR) is 148 cm³/mol. The molecule has 5 rings (SSSR count). The molecular formula is C31H33N3O6. The molecule has 1 saturated heterocycles. The molecule has 0 N–H and O–H groups in total. The summed E-state index contributed by atoms with van der Waals surface area (Å²) in [5.74, 6) is 2.12. The Hall–Kier alpha value is -4.53. The van der Waals surface area contributed by atoms with E-state index in [1.807, 2.05) is 73.8 Å². The molecule has 0 saturated carbocycles. The lowest BCUT2D eigenvalue weighted by Gasteiger charge is -2.17. The van der Waals surface area contributed by atoms with Crippen molar-refractivity contribution in [2.45, 2.75) is 26.4 Å². The molecule has 40 heavy (non-hydrogen) atoms. The van der Waals surface area contributed by atoms with E-state index in [4.69, 9.17) is 23.7 Å². The Bertz CT molecular complexity index is 1470. The monoisotopic (exact) mass is 543 g/mol. The third-order valence-corrected chi connectivity index (χ3v) is 7.16. The van der Waals surface area contributed by atoms with E-state index in [-0.39, 0.29) is 24.4 Å². The molecule has 4 aromatic rings. The van der Waals surface area contributed by atoms with Gasteiger partial charge in [0, 0.05) is 5.92 Å². The van der Waals surface area contributed by atoms with Crippen LogP contribution in [0.3, 0.4) is 0 Å². The summed E-state index contributed by atoms with van der Waals surface area (Å²) in [5, 5.41) is 8.43. The lowest BCUT2D eigenvalue weighted by Crippen LogP contribution is -2.20. The van der Waals surface area contributed by atoms with E-state index < -0.39 is 0 Å². The van der Waals surface area contributed by atoms with Gasteiger partial charge in [-0.1, -0.05) is 35.0 Å². The van der Waals surface area contributed by atoms with Crippen molar-refractivity contribution < 1.29 is 28.5 Å². The average molecular weight is 544 g/mol. The molecule has 1 fully saturated rings. The molecule has 0 unspecified atom stereocenters. The van der Waals surface area contributed by atoms with Gasteiger partial charge in [-0.25, -0.2) is 4.68 Å². The lowest BCUT2D eigenvalue weighted by atomic mass is 9.85. The van der Waals surface area contributed by atoms with Crippen molar-refractivity contribution in [2.75, 3.05) is 27.9 Å². The minimum Gasteiger partial charge on any atom is -0.493 e. The first-order chi connectivity index (χ1) is 19.5. The number of methoxy groups -OCH3 is 3. The highest BCUT2D eigenvalue weighted by Gasteiger charge is 2.37. The second kappa shape index (κ2) is 12.1. The summed E-state index contributed by atoms with van der Waals surface area (Å²) in [6.45, 7) is 2.67. The molecule has 9 nitrogen and oxygen atoms in total. The Labute approximate surface area is 233 Å². The molecule has 1 aliphatic heterocycles. The second-order valence-electron chi connectivity index (χ2n) is 9.86. The Kier molecular flexibility index (Phi) is 8.19. The zero-order valence-corrected chi connectivity index (χ0v) is 23.1. The van der Waals surface area contributed by atoms with Gasteiger partial charge in [-0.3, -0.25) is 4.79 Å². The molecule has 3 aromatic carbocycles. The topological polar surface area (TPSA) is 93.9 Å². The predicted octanol–water partition coefficient (Wildman–Crippen LogP) is 4.75. The number of carbonyl (C=O) groups is 1. The summed E-state index contributed by atoms with van der Waals surface area (Å²) in [6.07, 6.45) is 3.08. The van der Waals surface area contributed by atoms with E-state index in [9.17, 15) is 4.79 Å². The van der Waals surface area contributed by atoms with Crippen molar-refractivity contribution in [3.63, 3.8) is 0 Å². The number of aromatic nitrogens is 3. The van der Waals surface area contributed by atoms with Gasteiger partial charge in [0.2, 0.25) is 0 Å². The standard InChI is InChI=1S/C31H33N3O6/c1-20-5-9-25(10-6-20)34-17-24(32-33-34)19-39-28-12-8-22(16-30(28)38-4)14-26-23(18-40-31(26)35)13-21-7-11-27(36-2)29(15-21)37-3/h5-12,15-17,23,26H,13-14,18-19H2,1-4H3/t23-,26+/m0/s1. The van der Waals surface area contributed by atoms with Crippen LogP contribution in [0.4, 0.5) is 0 Å². The lowest BCUT2D eigenvalue weighted by molar-refractivity contribution is -0.141. The van der Waals surface area contributed by atoms with Gasteiger partial charge in [-0.15, -0.1) is 5.10 Å². The van der Waals surface area contributed by atoms with Crippen molar-refractivity contribution in [2.24, 2.45) is 11.8 Å². The Morgan fingerprint density at radius 1 is 0.850 bits per heavy atom. The fraction of sp³-hybridized carbons (Fsp3) is 0.323. The molecule has 2 atom stereocenters. The third kappa shape index (κ3) is 6.03. The number of nitrogens with zero attached hydrogens (tertiary/aromatic N) is 3. The maximum atomic E-state index is 12.7. The van der Waals surface area contributed by atoms with Crippen LogP contribution in [0.1, 0.15) is 22.4 Å². The summed E-state index contributed by atoms with van der Waals surface area (Å²) in [7, 11) is 4.82. The van der Waals surface area contributed by atoms with Gasteiger partial charge in [0.25, 0.3) is 0 Å². The quantitative estimate of drug-likeness (QED) is 0.250. The van der Waals surface area contributed by atoms with Crippen LogP contribution >= 0.6 is 0 Å². The minimum atomic E-state index is -0.263. The molecule has 2 heterocycles. The van der Waals surface area contributed by atoms with Crippen LogP contribution in [0.15, 0.2) is 66.9 Å². The van der Waals surface area contributed by atoms with E-state index in [0.29, 0.717) is 48.1 Å². The highest BCUT2D eigenvalue weighted by atomic mass is 16.5. The van der Waals surface area contributed by atoms with Crippen molar-refractivity contribution in [3.8, 4) is 28.7 Å². The fourth-order valence-corrected chi connectivity index (χ4v) is 4.92. The Balaban J connectivity index is 1.24. The van der Waals surface area contributed by atoms with Crippen LogP contribution in [0.25, 0.3) is 5.69 Å². The number of ether oxygens (including phenoxy) is 5. The maximum Gasteiger partial charge on any atom is 0.309 e. The van der Waals surface area contributed by atoms with E-state index in [1.54, 1.807) is 26.0 Å². The third-order valence-electron chi connectivity index (χ3n) is 7.16. The number of carbonyl (C=O) groups excluding carboxylic acids is 1. The highest BCUT2D eigenvalue weighted by molar-refractivity contribution is 5.75. The van der Waals surface area contributed by atoms with E-state index in [0.717, 1.165) is 16.8 Å². The Morgan fingerprint density at radius 3 is 2.20 bits per heavy atom. The number of hydrogen-bond donors (Lipinski definition) is 0. The normalized spacial score (nSPS) is 16.4. The van der Waals surface area contributed by atoms with Gasteiger partial charge in [0.05, 0.1) is 45.7 Å². The summed E-state index contributed by atoms with van der Waals surface area (Å²) in [5.41, 5.74) is 4.84. The summed E-state index contributed by atoms with van der Waals surface area (Å²) in [6, 6.07) is 19.6. The van der Waals surface area contributed by atoms with Gasteiger partial charge in [0.1, 0.15) is 12.3 Å². The molecular weight excluding hydrogens is 510 g/mol. The fourth-order valence-electron chi connectivity index (χ4n) is 4.92. The largest absolute Gasteiger partial charge is 0.493 e. The summed E-state index contributed by atoms with van der Waals surface area (Å²) in [4.78, 5) is 12.7. The number of benzene rings is 3. The molecule has 0 aliphatic carbocycles. The first-order valence-corrected chi connectivity index (χ1v) is 13.1. The van der Waals surface area contributed by atoms with Gasteiger partial charge >= 0.3 is 5.97 Å². The van der Waals surface area contributed by atoms with Gasteiger partial charge < -0.3 is 23.7 Å². The van der Waals surface area contributed by atoms with Crippen molar-refractivity contribution >= 4 is 5.97 Å². The second-order valence-corrected chi connectivity index (χ2v) is 9.86. The van der Waals surface area contributed by atoms with Crippen molar-refractivity contribution in [1.82, 2.24) is 15.0 Å². The van der Waals surface area contributed by atoms with Gasteiger partial charge in [0.15, 0.2) is 23.0 Å². The van der Waals surface area contributed by atoms with Crippen LogP contribution < -0.4 is 18.9 Å². The number of aryl methyl sites for hydroxylation is 1. The van der Waals surface area contributed by atoms with E-state index in [1.165, 1.54) is 5.56 Å². The van der Waals surface area contributed by atoms with Gasteiger partial charge in [-0.05, 0) is 67.3 Å². The smallest absolute Gasteiger partial charge is 0.309 e. The van der Waals surface area contributed by atoms with Crippen LogP contribution in [0.5, 0.6) is 23.0 Å². The molecule has 0 bridgehead atoms. The van der Waals surface area contributed by atoms with Crippen LogP contribution in [-0.2, 0) is 29.0 Å². The number of hydrogen-bond acceptors (Lipinski definition) is 8. The molecule has 1 aliphatic rings. The highest BCUT2D eigenvalue weighted by Crippen LogP contribution is 2.35. The molecule has 9 heteroatoms. The van der Waals surface area contributed by atoms with Crippen molar-refractivity contribution in [3.05, 3.63) is 89.2 Å². The van der Waals surface area contributed by atoms with Crippen LogP contribution in [-0.4, -0.2) is 48.9 Å². The number of rotatable bonds is 11. The SMILES string of the molecule is COc1ccc(C[C@H]2COC(=O)[C@@H]2Cc2ccc(OCc3cn(-c4ccc(C)cc4)nn3)c(OC)c2)cc1OC. The van der Waals surface area contributed by atoms with Crippen molar-refractivity contribution in [1.29, 1.82) is 0 Å². The van der Waals surface area contributed by atoms with Gasteiger partial charge in [-0.2, -0.15) is 0 Å². The van der Waals surface area contributed by atoms with E-state index >= 15 is 0 Å². The molecule has 1 aromatic heterocycles. The first-order valence-electron chi connectivity index (χ1n) is 13.1. The molecule has 0 radical (unpaired) electrons. The number of cyclic esters (lactones) is 1. The first kappa shape index (κ1) is 27.1. The van der Waals surface area contributed by atoms with Crippen LogP contribution in [0, 0.1) is 18.8 Å².